The minimum Gasteiger partial charge on any atom is -0.444 e. The van der Waals surface area contributed by atoms with Gasteiger partial charge in [0.1, 0.15) is 6.07 Å². The van der Waals surface area contributed by atoms with Gasteiger partial charge in [0.25, 0.3) is 0 Å². The second-order valence-electron chi connectivity index (χ2n) is 2.68. The molecule has 0 aliphatic heterocycles. The number of nitriles is 1. The third-order valence-corrected chi connectivity index (χ3v) is 2.07. The third kappa shape index (κ3) is 2.86. The largest absolute Gasteiger partial charge is 0.444 e. The van der Waals surface area contributed by atoms with Crippen LogP contribution in [-0.2, 0) is 4.74 Å². The monoisotopic (exact) mass is 253 g/mol. The topological polar surface area (TPSA) is 50.1 Å². The molecule has 4 heteroatoms. The van der Waals surface area contributed by atoms with Gasteiger partial charge in [0, 0.05) is 4.47 Å². The van der Waals surface area contributed by atoms with Crippen LogP contribution in [0.15, 0.2) is 28.7 Å². The molecular weight excluding hydrogens is 246 g/mol. The Bertz CT molecular complexity index is 367. The van der Waals surface area contributed by atoms with Crippen LogP contribution in [0.5, 0.6) is 0 Å². The minimum atomic E-state index is -0.717. The first-order valence-electron chi connectivity index (χ1n) is 3.99. The highest BCUT2D eigenvalue weighted by atomic mass is 79.9. The van der Waals surface area contributed by atoms with Crippen LogP contribution in [0.4, 0.5) is 0 Å². The van der Waals surface area contributed by atoms with Gasteiger partial charge in [0.05, 0.1) is 5.56 Å². The van der Waals surface area contributed by atoms with Crippen LogP contribution in [0.2, 0.25) is 0 Å². The summed E-state index contributed by atoms with van der Waals surface area (Å²) in [5, 5.41) is 8.44. The number of carbonyl (C=O) groups excluding carboxylic acids is 1. The summed E-state index contributed by atoms with van der Waals surface area (Å²) in [6.45, 7) is 1.52. The van der Waals surface area contributed by atoms with Crippen LogP contribution in [0, 0.1) is 11.3 Å². The van der Waals surface area contributed by atoms with E-state index in [2.05, 4.69) is 15.9 Å². The van der Waals surface area contributed by atoms with Gasteiger partial charge in [0.2, 0.25) is 0 Å². The molecule has 72 valence electrons. The molecule has 3 nitrogen and oxygen atoms in total. The third-order valence-electron chi connectivity index (χ3n) is 1.55. The molecule has 0 aromatic heterocycles. The number of hydrogen-bond acceptors (Lipinski definition) is 3. The summed E-state index contributed by atoms with van der Waals surface area (Å²) in [7, 11) is 0. The van der Waals surface area contributed by atoms with Crippen molar-refractivity contribution in [3.05, 3.63) is 34.3 Å². The Morgan fingerprint density at radius 3 is 2.57 bits per heavy atom. The SMILES string of the molecule is C[C@H](C#N)OC(=O)c1ccc(Br)cc1. The molecule has 0 N–H and O–H groups in total. The summed E-state index contributed by atoms with van der Waals surface area (Å²) < 4.78 is 5.70. The molecule has 0 saturated heterocycles. The van der Waals surface area contributed by atoms with Crippen LogP contribution >= 0.6 is 15.9 Å². The Morgan fingerprint density at radius 1 is 1.50 bits per heavy atom. The van der Waals surface area contributed by atoms with E-state index in [0.29, 0.717) is 5.56 Å². The number of nitrogens with zero attached hydrogens (tertiary/aromatic N) is 1. The van der Waals surface area contributed by atoms with E-state index in [4.69, 9.17) is 10.00 Å². The number of halogens is 1. The van der Waals surface area contributed by atoms with Crippen molar-refractivity contribution in [1.29, 1.82) is 5.26 Å². The Kier molecular flexibility index (Phi) is 3.66. The molecule has 0 amide bonds. The summed E-state index contributed by atoms with van der Waals surface area (Å²) >= 11 is 3.25. The maximum atomic E-state index is 11.3. The van der Waals surface area contributed by atoms with Crippen molar-refractivity contribution >= 4 is 21.9 Å². The van der Waals surface area contributed by atoms with Crippen LogP contribution in [0.3, 0.4) is 0 Å². The second kappa shape index (κ2) is 4.77. The second-order valence-corrected chi connectivity index (χ2v) is 3.60. The molecule has 1 rings (SSSR count). The molecule has 0 saturated carbocycles. The van der Waals surface area contributed by atoms with Crippen LogP contribution in [0.25, 0.3) is 0 Å². The lowest BCUT2D eigenvalue weighted by atomic mass is 10.2. The molecule has 0 unspecified atom stereocenters. The number of esters is 1. The van der Waals surface area contributed by atoms with Crippen molar-refractivity contribution in [2.45, 2.75) is 13.0 Å². The van der Waals surface area contributed by atoms with Gasteiger partial charge in [-0.1, -0.05) is 15.9 Å². The molecule has 0 fully saturated rings. The van der Waals surface area contributed by atoms with E-state index >= 15 is 0 Å². The first-order valence-corrected chi connectivity index (χ1v) is 4.79. The quantitative estimate of drug-likeness (QED) is 0.762. The fraction of sp³-hybridized carbons (Fsp3) is 0.200. The van der Waals surface area contributed by atoms with Crippen molar-refractivity contribution < 1.29 is 9.53 Å². The lowest BCUT2D eigenvalue weighted by molar-refractivity contribution is 0.0435. The number of benzene rings is 1. The van der Waals surface area contributed by atoms with Crippen LogP contribution in [0.1, 0.15) is 17.3 Å². The average Bonchev–Trinajstić information content (AvgIpc) is 2.18. The lowest BCUT2D eigenvalue weighted by Crippen LogP contribution is -2.12. The molecule has 1 atom stereocenters. The van der Waals surface area contributed by atoms with Gasteiger partial charge in [-0.15, -0.1) is 0 Å². The highest BCUT2D eigenvalue weighted by Gasteiger charge is 2.10. The van der Waals surface area contributed by atoms with E-state index in [9.17, 15) is 4.79 Å². The van der Waals surface area contributed by atoms with Gasteiger partial charge >= 0.3 is 5.97 Å². The van der Waals surface area contributed by atoms with E-state index in [1.165, 1.54) is 6.92 Å². The van der Waals surface area contributed by atoms with E-state index in [1.807, 2.05) is 6.07 Å². The van der Waals surface area contributed by atoms with Crippen molar-refractivity contribution in [2.75, 3.05) is 0 Å². The molecule has 0 aliphatic rings. The number of rotatable bonds is 2. The zero-order chi connectivity index (χ0) is 10.6. The van der Waals surface area contributed by atoms with Crippen molar-refractivity contribution in [3.63, 3.8) is 0 Å². The van der Waals surface area contributed by atoms with Crippen LogP contribution < -0.4 is 0 Å². The van der Waals surface area contributed by atoms with Gasteiger partial charge in [-0.2, -0.15) is 5.26 Å². The summed E-state index contributed by atoms with van der Waals surface area (Å²) in [6.07, 6.45) is -0.717. The zero-order valence-electron chi connectivity index (χ0n) is 7.53. The predicted octanol–water partition coefficient (Wildman–Crippen LogP) is 2.52. The molecule has 14 heavy (non-hydrogen) atoms. The molecule has 1 aromatic carbocycles. The number of ether oxygens (including phenoxy) is 1. The van der Waals surface area contributed by atoms with Gasteiger partial charge in [-0.05, 0) is 31.2 Å². The normalized spacial score (nSPS) is 11.5. The standard InChI is InChI=1S/C10H8BrNO2/c1-7(6-12)14-10(13)8-2-4-9(11)5-3-8/h2-5,7H,1H3/t7-/m1/s1. The van der Waals surface area contributed by atoms with Crippen molar-refractivity contribution in [3.8, 4) is 6.07 Å². The molecule has 0 aliphatic carbocycles. The first-order chi connectivity index (χ1) is 6.63. The number of carbonyl (C=O) groups is 1. The zero-order valence-corrected chi connectivity index (χ0v) is 9.11. The summed E-state index contributed by atoms with van der Waals surface area (Å²) in [4.78, 5) is 11.3. The summed E-state index contributed by atoms with van der Waals surface area (Å²) in [5.74, 6) is -0.480. The van der Waals surface area contributed by atoms with Crippen molar-refractivity contribution in [2.24, 2.45) is 0 Å². The molecule has 0 heterocycles. The van der Waals surface area contributed by atoms with Gasteiger partial charge in [-0.25, -0.2) is 4.79 Å². The molecule has 0 bridgehead atoms. The Balaban J connectivity index is 2.71. The average molecular weight is 254 g/mol. The fourth-order valence-electron chi connectivity index (χ4n) is 0.841. The predicted molar refractivity (Wildman–Crippen MR) is 54.6 cm³/mol. The minimum absolute atomic E-state index is 0.440. The highest BCUT2D eigenvalue weighted by Crippen LogP contribution is 2.11. The van der Waals surface area contributed by atoms with Crippen molar-refractivity contribution in [1.82, 2.24) is 0 Å². The molecule has 0 spiro atoms. The highest BCUT2D eigenvalue weighted by molar-refractivity contribution is 9.10. The fourth-order valence-corrected chi connectivity index (χ4v) is 1.11. The van der Waals surface area contributed by atoms with E-state index in [0.717, 1.165) is 4.47 Å². The Morgan fingerprint density at radius 2 is 2.07 bits per heavy atom. The maximum absolute atomic E-state index is 11.3. The first kappa shape index (κ1) is 10.7. The molecular formula is C10H8BrNO2. The number of hydrogen-bond donors (Lipinski definition) is 0. The van der Waals surface area contributed by atoms with Gasteiger partial charge < -0.3 is 4.74 Å². The summed E-state index contributed by atoms with van der Waals surface area (Å²) in [6, 6.07) is 8.58. The van der Waals surface area contributed by atoms with E-state index in [-0.39, 0.29) is 0 Å². The molecule has 0 radical (unpaired) electrons. The lowest BCUT2D eigenvalue weighted by Gasteiger charge is -2.05. The Labute approximate surface area is 90.4 Å². The summed E-state index contributed by atoms with van der Waals surface area (Å²) in [5.41, 5.74) is 0.440. The van der Waals surface area contributed by atoms with Gasteiger partial charge in [-0.3, -0.25) is 0 Å². The van der Waals surface area contributed by atoms with Gasteiger partial charge in [0.15, 0.2) is 6.10 Å². The van der Waals surface area contributed by atoms with E-state index in [1.54, 1.807) is 24.3 Å². The smallest absolute Gasteiger partial charge is 0.339 e. The molecule has 1 aromatic rings. The Hall–Kier alpha value is -1.34. The van der Waals surface area contributed by atoms with Crippen LogP contribution in [-0.4, -0.2) is 12.1 Å². The maximum Gasteiger partial charge on any atom is 0.339 e. The van der Waals surface area contributed by atoms with E-state index < -0.39 is 12.1 Å².